The van der Waals surface area contributed by atoms with Crippen molar-refractivity contribution in [3.8, 4) is 11.8 Å². The van der Waals surface area contributed by atoms with Gasteiger partial charge in [-0.15, -0.1) is 0 Å². The highest BCUT2D eigenvalue weighted by Crippen LogP contribution is 2.28. The molecule has 0 amide bonds. The number of ether oxygens (including phenoxy) is 2. The Hall–Kier alpha value is -2.05. The quantitative estimate of drug-likeness (QED) is 0.620. The molecule has 0 bridgehead atoms. The molecule has 0 spiro atoms. The number of methoxy groups -OCH3 is 1. The van der Waals surface area contributed by atoms with Gasteiger partial charge in [0, 0.05) is 6.92 Å². The van der Waals surface area contributed by atoms with E-state index in [1.54, 1.807) is 0 Å². The molecule has 0 aliphatic rings. The van der Waals surface area contributed by atoms with Crippen LogP contribution < -0.4 is 20.9 Å². The highest BCUT2D eigenvalue weighted by molar-refractivity contribution is 5.72. The number of anilines is 2. The van der Waals surface area contributed by atoms with Gasteiger partial charge in [-0.05, 0) is 0 Å². The minimum atomic E-state index is -0.545. The highest BCUT2D eigenvalue weighted by Gasteiger charge is 2.13. The number of aromatic nitrogens is 2. The topological polar surface area (TPSA) is 113 Å². The number of hydrogen-bond acceptors (Lipinski definition) is 7. The Morgan fingerprint density at radius 3 is 2.36 bits per heavy atom. The van der Waals surface area contributed by atoms with E-state index < -0.39 is 5.97 Å². The largest absolute Gasteiger partial charge is 0.479 e. The SMILES string of the molecule is COc1nc(N)nc(OC(C)=O)c1N. The zero-order valence-electron chi connectivity index (χ0n) is 7.77. The van der Waals surface area contributed by atoms with Crippen molar-refractivity contribution >= 4 is 17.6 Å². The fourth-order valence-electron chi connectivity index (χ4n) is 0.815. The molecule has 0 saturated carbocycles. The van der Waals surface area contributed by atoms with E-state index in [2.05, 4.69) is 9.97 Å². The van der Waals surface area contributed by atoms with E-state index in [0.717, 1.165) is 0 Å². The number of nitrogen functional groups attached to an aromatic ring is 2. The molecular weight excluding hydrogens is 188 g/mol. The van der Waals surface area contributed by atoms with Crippen LogP contribution in [-0.4, -0.2) is 23.0 Å². The van der Waals surface area contributed by atoms with Crippen LogP contribution in [-0.2, 0) is 4.79 Å². The summed E-state index contributed by atoms with van der Waals surface area (Å²) >= 11 is 0. The van der Waals surface area contributed by atoms with E-state index in [-0.39, 0.29) is 23.4 Å². The lowest BCUT2D eigenvalue weighted by atomic mass is 10.5. The van der Waals surface area contributed by atoms with Crippen molar-refractivity contribution in [2.24, 2.45) is 0 Å². The summed E-state index contributed by atoms with van der Waals surface area (Å²) in [5.41, 5.74) is 10.9. The lowest BCUT2D eigenvalue weighted by Crippen LogP contribution is -2.09. The van der Waals surface area contributed by atoms with Gasteiger partial charge in [0.25, 0.3) is 5.88 Å². The second-order valence-electron chi connectivity index (χ2n) is 2.40. The second kappa shape index (κ2) is 3.77. The average Bonchev–Trinajstić information content (AvgIpc) is 2.09. The summed E-state index contributed by atoms with van der Waals surface area (Å²) in [6.07, 6.45) is 0. The molecule has 7 nitrogen and oxygen atoms in total. The van der Waals surface area contributed by atoms with Gasteiger partial charge in [-0.2, -0.15) is 9.97 Å². The highest BCUT2D eigenvalue weighted by atomic mass is 16.5. The normalized spacial score (nSPS) is 9.57. The number of carbonyl (C=O) groups is 1. The van der Waals surface area contributed by atoms with Crippen molar-refractivity contribution in [1.29, 1.82) is 0 Å². The summed E-state index contributed by atoms with van der Waals surface area (Å²) in [7, 11) is 1.37. The fraction of sp³-hybridized carbons (Fsp3) is 0.286. The number of hydrogen-bond donors (Lipinski definition) is 2. The van der Waals surface area contributed by atoms with Gasteiger partial charge in [-0.25, -0.2) is 0 Å². The maximum absolute atomic E-state index is 10.7. The van der Waals surface area contributed by atoms with Crippen LogP contribution in [0, 0.1) is 0 Å². The molecule has 4 N–H and O–H groups in total. The monoisotopic (exact) mass is 198 g/mol. The molecule has 0 aliphatic heterocycles. The third-order valence-corrected chi connectivity index (χ3v) is 1.33. The van der Waals surface area contributed by atoms with Crippen LogP contribution in [0.15, 0.2) is 0 Å². The first kappa shape index (κ1) is 10.0. The van der Waals surface area contributed by atoms with Crippen LogP contribution in [0.3, 0.4) is 0 Å². The van der Waals surface area contributed by atoms with Crippen LogP contribution in [0.4, 0.5) is 11.6 Å². The Balaban J connectivity index is 3.15. The molecule has 7 heteroatoms. The van der Waals surface area contributed by atoms with Crippen LogP contribution >= 0.6 is 0 Å². The van der Waals surface area contributed by atoms with Gasteiger partial charge < -0.3 is 20.9 Å². The Morgan fingerprint density at radius 2 is 1.86 bits per heavy atom. The molecule has 1 aromatic heterocycles. The molecule has 1 aromatic rings. The van der Waals surface area contributed by atoms with Crippen molar-refractivity contribution < 1.29 is 14.3 Å². The summed E-state index contributed by atoms with van der Waals surface area (Å²) < 4.78 is 9.49. The third-order valence-electron chi connectivity index (χ3n) is 1.33. The molecule has 76 valence electrons. The predicted octanol–water partition coefficient (Wildman–Crippen LogP) is -0.425. The standard InChI is InChI=1S/C7H10N4O3/c1-3(12)14-6-4(8)5(13-2)10-7(9)11-6/h8H2,1-2H3,(H2,9,10,11). The summed E-state index contributed by atoms with van der Waals surface area (Å²) in [5.74, 6) is -0.639. The number of carbonyl (C=O) groups excluding carboxylic acids is 1. The van der Waals surface area contributed by atoms with Crippen molar-refractivity contribution in [3.05, 3.63) is 0 Å². The van der Waals surface area contributed by atoms with Crippen LogP contribution in [0.5, 0.6) is 11.8 Å². The minimum absolute atomic E-state index is 0.0388. The molecule has 1 heterocycles. The van der Waals surface area contributed by atoms with E-state index in [9.17, 15) is 4.79 Å². The molecule has 0 unspecified atom stereocenters. The lowest BCUT2D eigenvalue weighted by molar-refractivity contribution is -0.132. The number of nitrogens with two attached hydrogens (primary N) is 2. The van der Waals surface area contributed by atoms with E-state index in [0.29, 0.717) is 0 Å². The van der Waals surface area contributed by atoms with E-state index in [4.69, 9.17) is 20.9 Å². The van der Waals surface area contributed by atoms with E-state index in [1.165, 1.54) is 14.0 Å². The maximum Gasteiger partial charge on any atom is 0.309 e. The zero-order chi connectivity index (χ0) is 10.7. The Kier molecular flexibility index (Phi) is 2.70. The van der Waals surface area contributed by atoms with Gasteiger partial charge in [0.05, 0.1) is 7.11 Å². The lowest BCUT2D eigenvalue weighted by Gasteiger charge is -2.07. The molecule has 0 saturated heterocycles. The summed E-state index contributed by atoms with van der Waals surface area (Å²) in [4.78, 5) is 18.0. The van der Waals surface area contributed by atoms with Gasteiger partial charge >= 0.3 is 5.97 Å². The van der Waals surface area contributed by atoms with Crippen LogP contribution in [0.1, 0.15) is 6.92 Å². The fourth-order valence-corrected chi connectivity index (χ4v) is 0.815. The molecular formula is C7H10N4O3. The van der Waals surface area contributed by atoms with Crippen molar-refractivity contribution in [2.75, 3.05) is 18.6 Å². The minimum Gasteiger partial charge on any atom is -0.479 e. The smallest absolute Gasteiger partial charge is 0.309 e. The maximum atomic E-state index is 10.7. The Morgan fingerprint density at radius 1 is 1.29 bits per heavy atom. The number of rotatable bonds is 2. The van der Waals surface area contributed by atoms with Gasteiger partial charge in [0.2, 0.25) is 11.8 Å². The first-order valence-corrected chi connectivity index (χ1v) is 3.70. The number of nitrogens with zero attached hydrogens (tertiary/aromatic N) is 2. The van der Waals surface area contributed by atoms with Crippen LogP contribution in [0.25, 0.3) is 0 Å². The first-order chi connectivity index (χ1) is 6.54. The predicted molar refractivity (Wildman–Crippen MR) is 48.7 cm³/mol. The molecule has 1 rings (SSSR count). The molecule has 0 fully saturated rings. The van der Waals surface area contributed by atoms with Crippen LogP contribution in [0.2, 0.25) is 0 Å². The second-order valence-corrected chi connectivity index (χ2v) is 2.40. The summed E-state index contributed by atoms with van der Waals surface area (Å²) in [6, 6.07) is 0. The molecule has 0 aromatic carbocycles. The Bertz CT molecular complexity index is 366. The van der Waals surface area contributed by atoms with Gasteiger partial charge in [-0.3, -0.25) is 4.79 Å². The zero-order valence-corrected chi connectivity index (χ0v) is 7.77. The third kappa shape index (κ3) is 2.00. The van der Waals surface area contributed by atoms with E-state index in [1.807, 2.05) is 0 Å². The van der Waals surface area contributed by atoms with E-state index >= 15 is 0 Å². The van der Waals surface area contributed by atoms with Crippen molar-refractivity contribution in [1.82, 2.24) is 9.97 Å². The summed E-state index contributed by atoms with van der Waals surface area (Å²) in [5, 5.41) is 0. The first-order valence-electron chi connectivity index (χ1n) is 3.70. The van der Waals surface area contributed by atoms with Crippen molar-refractivity contribution in [2.45, 2.75) is 6.92 Å². The molecule has 0 radical (unpaired) electrons. The van der Waals surface area contributed by atoms with Gasteiger partial charge in [0.15, 0.2) is 5.69 Å². The summed E-state index contributed by atoms with van der Waals surface area (Å²) in [6.45, 7) is 1.23. The Labute approximate surface area is 80.0 Å². The average molecular weight is 198 g/mol. The van der Waals surface area contributed by atoms with Gasteiger partial charge in [0.1, 0.15) is 0 Å². The number of esters is 1. The van der Waals surface area contributed by atoms with Crippen molar-refractivity contribution in [3.63, 3.8) is 0 Å². The molecule has 0 aliphatic carbocycles. The van der Waals surface area contributed by atoms with Gasteiger partial charge in [-0.1, -0.05) is 0 Å². The molecule has 14 heavy (non-hydrogen) atoms. The molecule has 0 atom stereocenters.